The van der Waals surface area contributed by atoms with Crippen molar-refractivity contribution < 1.29 is 9.52 Å². The molecule has 1 aliphatic heterocycles. The molecule has 3 heteroatoms. The summed E-state index contributed by atoms with van der Waals surface area (Å²) in [7, 11) is 0. The fourth-order valence-electron chi connectivity index (χ4n) is 2.83. The second kappa shape index (κ2) is 5.59. The molecule has 0 saturated carbocycles. The van der Waals surface area contributed by atoms with E-state index >= 15 is 0 Å². The Hall–Kier alpha value is -1.58. The van der Waals surface area contributed by atoms with Gasteiger partial charge in [-0.25, -0.2) is 0 Å². The maximum atomic E-state index is 10.2. The van der Waals surface area contributed by atoms with E-state index < -0.39 is 0 Å². The van der Waals surface area contributed by atoms with Crippen LogP contribution in [-0.4, -0.2) is 28.7 Å². The van der Waals surface area contributed by atoms with E-state index in [1.165, 1.54) is 11.1 Å². The van der Waals surface area contributed by atoms with Crippen molar-refractivity contribution in [2.24, 2.45) is 0 Å². The van der Waals surface area contributed by atoms with Crippen molar-refractivity contribution >= 4 is 0 Å². The molecule has 0 aliphatic carbocycles. The average molecular weight is 257 g/mol. The van der Waals surface area contributed by atoms with Gasteiger partial charge in [0, 0.05) is 24.7 Å². The Bertz CT molecular complexity index is 495. The van der Waals surface area contributed by atoms with Gasteiger partial charge in [0.2, 0.25) is 0 Å². The topological polar surface area (TPSA) is 36.6 Å². The van der Waals surface area contributed by atoms with Crippen molar-refractivity contribution in [3.05, 3.63) is 60.1 Å². The number of likely N-dealkylation sites (tertiary alicyclic amines) is 1. The highest BCUT2D eigenvalue weighted by molar-refractivity contribution is 5.17. The molecule has 0 amide bonds. The van der Waals surface area contributed by atoms with Crippen molar-refractivity contribution in [2.45, 2.75) is 31.5 Å². The number of nitrogens with zero attached hydrogens (tertiary/aromatic N) is 1. The number of benzene rings is 1. The highest BCUT2D eigenvalue weighted by atomic mass is 16.3. The maximum absolute atomic E-state index is 10.2. The normalized spacial score (nSPS) is 23.8. The molecule has 0 bridgehead atoms. The van der Waals surface area contributed by atoms with E-state index in [1.54, 1.807) is 12.5 Å². The summed E-state index contributed by atoms with van der Waals surface area (Å²) in [6.07, 6.45) is 5.01. The fourth-order valence-corrected chi connectivity index (χ4v) is 2.83. The van der Waals surface area contributed by atoms with Gasteiger partial charge in [-0.3, -0.25) is 4.90 Å². The van der Waals surface area contributed by atoms with Crippen molar-refractivity contribution in [1.29, 1.82) is 0 Å². The molecule has 2 aromatic rings. The van der Waals surface area contributed by atoms with Crippen molar-refractivity contribution in [3.63, 3.8) is 0 Å². The first-order chi connectivity index (χ1) is 9.33. The van der Waals surface area contributed by atoms with Gasteiger partial charge in [0.25, 0.3) is 0 Å². The molecule has 19 heavy (non-hydrogen) atoms. The third-order valence-electron chi connectivity index (χ3n) is 3.88. The zero-order chi connectivity index (χ0) is 13.1. The molecule has 0 radical (unpaired) electrons. The van der Waals surface area contributed by atoms with Crippen LogP contribution in [0.2, 0.25) is 0 Å². The minimum Gasteiger partial charge on any atom is -0.472 e. The van der Waals surface area contributed by atoms with Gasteiger partial charge in [0.1, 0.15) is 0 Å². The molecule has 1 fully saturated rings. The zero-order valence-corrected chi connectivity index (χ0v) is 10.9. The van der Waals surface area contributed by atoms with E-state index in [2.05, 4.69) is 29.2 Å². The van der Waals surface area contributed by atoms with Crippen molar-refractivity contribution in [1.82, 2.24) is 4.90 Å². The van der Waals surface area contributed by atoms with Crippen LogP contribution in [0.1, 0.15) is 17.5 Å². The first-order valence-corrected chi connectivity index (χ1v) is 6.80. The third kappa shape index (κ3) is 2.88. The Morgan fingerprint density at radius 1 is 1.16 bits per heavy atom. The Morgan fingerprint density at radius 3 is 2.74 bits per heavy atom. The number of hydrogen-bond acceptors (Lipinski definition) is 3. The van der Waals surface area contributed by atoms with Crippen LogP contribution in [0.3, 0.4) is 0 Å². The van der Waals surface area contributed by atoms with Crippen LogP contribution in [0.25, 0.3) is 0 Å². The van der Waals surface area contributed by atoms with Crippen LogP contribution in [-0.2, 0) is 13.0 Å². The highest BCUT2D eigenvalue weighted by Crippen LogP contribution is 2.24. The van der Waals surface area contributed by atoms with Crippen LogP contribution >= 0.6 is 0 Å². The number of aliphatic hydroxyl groups excluding tert-OH is 1. The van der Waals surface area contributed by atoms with E-state index in [9.17, 15) is 5.11 Å². The molecule has 0 spiro atoms. The predicted octanol–water partition coefficient (Wildman–Crippen LogP) is 2.46. The number of rotatable bonds is 4. The Labute approximate surface area is 113 Å². The maximum Gasteiger partial charge on any atom is 0.0947 e. The minimum atomic E-state index is -0.230. The van der Waals surface area contributed by atoms with E-state index in [4.69, 9.17) is 4.42 Å². The van der Waals surface area contributed by atoms with Crippen molar-refractivity contribution in [2.75, 3.05) is 6.54 Å². The van der Waals surface area contributed by atoms with Crippen molar-refractivity contribution in [3.8, 4) is 0 Å². The van der Waals surface area contributed by atoms with Crippen LogP contribution in [0.4, 0.5) is 0 Å². The summed E-state index contributed by atoms with van der Waals surface area (Å²) in [6, 6.07) is 12.6. The molecule has 3 nitrogen and oxygen atoms in total. The SMILES string of the molecule is O[C@@H]1CCN(Cc2ccoc2)[C@@H]1Cc1ccccc1. The standard InChI is InChI=1S/C16H19NO2/c18-16-6-8-17(11-14-7-9-19-12-14)15(16)10-13-4-2-1-3-5-13/h1-5,7,9,12,15-16,18H,6,8,10-11H2/t15-,16-/m1/s1. The largest absolute Gasteiger partial charge is 0.472 e. The zero-order valence-electron chi connectivity index (χ0n) is 10.9. The lowest BCUT2D eigenvalue weighted by atomic mass is 10.0. The smallest absolute Gasteiger partial charge is 0.0947 e. The second-order valence-electron chi connectivity index (χ2n) is 5.22. The van der Waals surface area contributed by atoms with E-state index in [1.807, 2.05) is 12.1 Å². The molecular weight excluding hydrogens is 238 g/mol. The van der Waals surface area contributed by atoms with Gasteiger partial charge in [-0.05, 0) is 24.5 Å². The molecular formula is C16H19NO2. The van der Waals surface area contributed by atoms with Gasteiger partial charge < -0.3 is 9.52 Å². The number of furan rings is 1. The van der Waals surface area contributed by atoms with Gasteiger partial charge in [0.15, 0.2) is 0 Å². The van der Waals surface area contributed by atoms with E-state index in [-0.39, 0.29) is 12.1 Å². The molecule has 1 aliphatic rings. The summed E-state index contributed by atoms with van der Waals surface area (Å²) in [5.41, 5.74) is 2.46. The second-order valence-corrected chi connectivity index (χ2v) is 5.22. The molecule has 3 rings (SSSR count). The molecule has 100 valence electrons. The van der Waals surface area contributed by atoms with Crippen LogP contribution < -0.4 is 0 Å². The molecule has 1 saturated heterocycles. The summed E-state index contributed by atoms with van der Waals surface area (Å²) in [5, 5.41) is 10.2. The highest BCUT2D eigenvalue weighted by Gasteiger charge is 2.32. The number of hydrogen-bond donors (Lipinski definition) is 1. The summed E-state index contributed by atoms with van der Waals surface area (Å²) in [4.78, 5) is 2.35. The third-order valence-corrected chi connectivity index (χ3v) is 3.88. The van der Waals surface area contributed by atoms with Gasteiger partial charge in [-0.1, -0.05) is 30.3 Å². The number of aliphatic hydroxyl groups is 1. The van der Waals surface area contributed by atoms with E-state index in [0.29, 0.717) is 0 Å². The molecule has 1 N–H and O–H groups in total. The van der Waals surface area contributed by atoms with Gasteiger partial charge in [-0.15, -0.1) is 0 Å². The molecule has 1 aromatic heterocycles. The summed E-state index contributed by atoms with van der Waals surface area (Å²) in [5.74, 6) is 0. The lowest BCUT2D eigenvalue weighted by Crippen LogP contribution is -2.36. The lowest BCUT2D eigenvalue weighted by molar-refractivity contribution is 0.112. The first-order valence-electron chi connectivity index (χ1n) is 6.80. The molecule has 1 aromatic carbocycles. The Morgan fingerprint density at radius 2 is 2.00 bits per heavy atom. The van der Waals surface area contributed by atoms with Gasteiger partial charge in [0.05, 0.1) is 18.6 Å². The lowest BCUT2D eigenvalue weighted by Gasteiger charge is -2.25. The first kappa shape index (κ1) is 12.5. The minimum absolute atomic E-state index is 0.206. The van der Waals surface area contributed by atoms with Gasteiger partial charge >= 0.3 is 0 Å². The van der Waals surface area contributed by atoms with Crippen LogP contribution in [0, 0.1) is 0 Å². The fraction of sp³-hybridized carbons (Fsp3) is 0.375. The van der Waals surface area contributed by atoms with Crippen LogP contribution in [0.15, 0.2) is 53.3 Å². The van der Waals surface area contributed by atoms with E-state index in [0.717, 1.165) is 25.9 Å². The summed E-state index contributed by atoms with van der Waals surface area (Å²) >= 11 is 0. The molecule has 0 unspecified atom stereocenters. The quantitative estimate of drug-likeness (QED) is 0.914. The summed E-state index contributed by atoms with van der Waals surface area (Å²) in [6.45, 7) is 1.80. The Balaban J connectivity index is 1.70. The predicted molar refractivity (Wildman–Crippen MR) is 73.7 cm³/mol. The molecule has 2 atom stereocenters. The Kier molecular flexibility index (Phi) is 3.67. The molecule has 2 heterocycles. The monoisotopic (exact) mass is 257 g/mol. The van der Waals surface area contributed by atoms with Crippen LogP contribution in [0.5, 0.6) is 0 Å². The van der Waals surface area contributed by atoms with Gasteiger partial charge in [-0.2, -0.15) is 0 Å². The average Bonchev–Trinajstić information content (AvgIpc) is 3.05. The summed E-state index contributed by atoms with van der Waals surface area (Å²) < 4.78 is 5.12.